The van der Waals surface area contributed by atoms with Crippen molar-refractivity contribution in [3.05, 3.63) is 58.8 Å². The lowest BCUT2D eigenvalue weighted by molar-refractivity contribution is 0.474. The third-order valence-corrected chi connectivity index (χ3v) is 2.28. The van der Waals surface area contributed by atoms with E-state index in [-0.39, 0.29) is 11.4 Å². The summed E-state index contributed by atoms with van der Waals surface area (Å²) < 4.78 is 12.9. The highest BCUT2D eigenvalue weighted by atomic mass is 19.1. The van der Waals surface area contributed by atoms with E-state index < -0.39 is 5.82 Å². The number of phenols is 1. The van der Waals surface area contributed by atoms with Gasteiger partial charge in [0, 0.05) is 11.8 Å². The van der Waals surface area contributed by atoms with Crippen molar-refractivity contribution in [2.24, 2.45) is 10.2 Å². The molecule has 0 saturated carbocycles. The molecule has 0 aromatic heterocycles. The van der Waals surface area contributed by atoms with E-state index in [4.69, 9.17) is 0 Å². The lowest BCUT2D eigenvalue weighted by Crippen LogP contribution is -1.82. The zero-order chi connectivity index (χ0) is 13.0. The summed E-state index contributed by atoms with van der Waals surface area (Å²) in [6, 6.07) is 9.86. The van der Waals surface area contributed by atoms with E-state index in [9.17, 15) is 14.4 Å². The summed E-state index contributed by atoms with van der Waals surface area (Å²) >= 11 is 0. The van der Waals surface area contributed by atoms with Gasteiger partial charge in [0.05, 0.1) is 5.69 Å². The van der Waals surface area contributed by atoms with Gasteiger partial charge in [0.15, 0.2) is 0 Å². The molecule has 2 aromatic carbocycles. The van der Waals surface area contributed by atoms with Crippen molar-refractivity contribution in [3.8, 4) is 5.75 Å². The number of hydrogen-bond donors (Lipinski definition) is 1. The van der Waals surface area contributed by atoms with Gasteiger partial charge in [-0.05, 0) is 41.6 Å². The molecule has 2 aromatic rings. The normalized spacial score (nSPS) is 10.7. The van der Waals surface area contributed by atoms with E-state index in [1.807, 2.05) is 0 Å². The molecule has 0 amide bonds. The van der Waals surface area contributed by atoms with Gasteiger partial charge in [0.2, 0.25) is 0 Å². The fourth-order valence-electron chi connectivity index (χ4n) is 1.40. The Labute approximate surface area is 102 Å². The predicted molar refractivity (Wildman–Crippen MR) is 67.2 cm³/mol. The van der Waals surface area contributed by atoms with Crippen molar-refractivity contribution < 1.29 is 9.50 Å². The van der Waals surface area contributed by atoms with Crippen LogP contribution in [0.1, 0.15) is 5.56 Å². The second-order valence-corrected chi connectivity index (χ2v) is 3.57. The first kappa shape index (κ1) is 11.9. The zero-order valence-corrected chi connectivity index (χ0v) is 9.25. The number of aromatic hydroxyl groups is 1. The van der Waals surface area contributed by atoms with Crippen LogP contribution in [0.5, 0.6) is 5.75 Å². The number of benzene rings is 2. The third kappa shape index (κ3) is 2.76. The van der Waals surface area contributed by atoms with Gasteiger partial charge >= 0.3 is 0 Å². The van der Waals surface area contributed by atoms with Crippen LogP contribution in [0.25, 0.3) is 0 Å². The molecule has 5 heteroatoms. The van der Waals surface area contributed by atoms with E-state index in [0.717, 1.165) is 0 Å². The largest absolute Gasteiger partial charge is 0.507 e. The van der Waals surface area contributed by atoms with Gasteiger partial charge in [0.1, 0.15) is 17.3 Å². The average molecular weight is 244 g/mol. The van der Waals surface area contributed by atoms with E-state index in [0.29, 0.717) is 11.3 Å². The molecule has 0 radical (unpaired) electrons. The van der Waals surface area contributed by atoms with Crippen molar-refractivity contribution >= 4 is 17.6 Å². The Balaban J connectivity index is 2.31. The first-order valence-electron chi connectivity index (χ1n) is 5.15. The van der Waals surface area contributed by atoms with E-state index >= 15 is 0 Å². The van der Waals surface area contributed by atoms with Crippen molar-refractivity contribution in [3.63, 3.8) is 0 Å². The van der Waals surface area contributed by atoms with E-state index in [1.54, 1.807) is 6.07 Å². The Morgan fingerprint density at radius 2 is 1.94 bits per heavy atom. The lowest BCUT2D eigenvalue weighted by Gasteiger charge is -1.99. The monoisotopic (exact) mass is 244 g/mol. The maximum absolute atomic E-state index is 12.9. The number of phenolic OH excluding ortho intramolecular Hbond substituents is 1. The second kappa shape index (κ2) is 5.18. The first-order chi connectivity index (χ1) is 8.69. The number of rotatable bonds is 3. The second-order valence-electron chi connectivity index (χ2n) is 3.57. The van der Waals surface area contributed by atoms with Gasteiger partial charge in [-0.15, -0.1) is 4.91 Å². The van der Waals surface area contributed by atoms with Gasteiger partial charge in [-0.25, -0.2) is 4.39 Å². The summed E-state index contributed by atoms with van der Waals surface area (Å²) in [4.78, 5) is 14.4. The highest BCUT2D eigenvalue weighted by Crippen LogP contribution is 2.22. The van der Waals surface area contributed by atoms with Gasteiger partial charge < -0.3 is 5.11 Å². The van der Waals surface area contributed by atoms with Crippen LogP contribution in [0.15, 0.2) is 52.6 Å². The highest BCUT2D eigenvalue weighted by Gasteiger charge is 2.00. The molecule has 0 atom stereocenters. The van der Waals surface area contributed by atoms with Crippen molar-refractivity contribution in [2.45, 2.75) is 0 Å². The van der Waals surface area contributed by atoms with Gasteiger partial charge in [0.25, 0.3) is 0 Å². The van der Waals surface area contributed by atoms with Gasteiger partial charge in [-0.1, -0.05) is 6.07 Å². The number of aliphatic imine (C=N–C) groups is 1. The van der Waals surface area contributed by atoms with Crippen LogP contribution < -0.4 is 0 Å². The maximum atomic E-state index is 12.9. The van der Waals surface area contributed by atoms with Crippen LogP contribution in [0.4, 0.5) is 15.8 Å². The van der Waals surface area contributed by atoms with Crippen LogP contribution in [-0.2, 0) is 0 Å². The summed E-state index contributed by atoms with van der Waals surface area (Å²) in [7, 11) is 0. The Morgan fingerprint density at radius 3 is 2.67 bits per heavy atom. The molecule has 0 bridgehead atoms. The molecular weight excluding hydrogens is 235 g/mol. The fraction of sp³-hybridized carbons (Fsp3) is 0. The fourth-order valence-corrected chi connectivity index (χ4v) is 1.40. The molecule has 2 rings (SSSR count). The lowest BCUT2D eigenvalue weighted by atomic mass is 10.2. The molecule has 0 unspecified atom stereocenters. The van der Waals surface area contributed by atoms with Crippen LogP contribution in [0.3, 0.4) is 0 Å². The molecule has 0 fully saturated rings. The summed E-state index contributed by atoms with van der Waals surface area (Å²) in [6.07, 6.45) is 1.35. The molecule has 0 saturated heterocycles. The SMILES string of the molecule is O=Nc1ccc(O)c(C=Nc2cccc(F)c2)c1. The Kier molecular flexibility index (Phi) is 3.43. The average Bonchev–Trinajstić information content (AvgIpc) is 2.38. The molecule has 4 nitrogen and oxygen atoms in total. The maximum Gasteiger partial charge on any atom is 0.125 e. The topological polar surface area (TPSA) is 62.0 Å². The smallest absolute Gasteiger partial charge is 0.125 e. The summed E-state index contributed by atoms with van der Waals surface area (Å²) in [5.41, 5.74) is 0.948. The van der Waals surface area contributed by atoms with Crippen molar-refractivity contribution in [1.82, 2.24) is 0 Å². The molecule has 90 valence electrons. The minimum absolute atomic E-state index is 0.0254. The molecule has 18 heavy (non-hydrogen) atoms. The first-order valence-corrected chi connectivity index (χ1v) is 5.15. The van der Waals surface area contributed by atoms with Crippen molar-refractivity contribution in [1.29, 1.82) is 0 Å². The summed E-state index contributed by atoms with van der Waals surface area (Å²) in [5, 5.41) is 12.3. The van der Waals surface area contributed by atoms with Gasteiger partial charge in [-0.3, -0.25) is 4.99 Å². The van der Waals surface area contributed by atoms with Crippen LogP contribution in [0.2, 0.25) is 0 Å². The molecule has 0 aliphatic heterocycles. The summed E-state index contributed by atoms with van der Waals surface area (Å²) in [6.45, 7) is 0. The van der Waals surface area contributed by atoms with Crippen LogP contribution in [-0.4, -0.2) is 11.3 Å². The number of nitroso groups, excluding NO2 is 1. The summed E-state index contributed by atoms with van der Waals surface area (Å²) in [5.74, 6) is -0.417. The Morgan fingerprint density at radius 1 is 1.11 bits per heavy atom. The number of nitrogens with zero attached hydrogens (tertiary/aromatic N) is 2. The van der Waals surface area contributed by atoms with Crippen LogP contribution >= 0.6 is 0 Å². The number of hydrogen-bond acceptors (Lipinski definition) is 4. The van der Waals surface area contributed by atoms with Gasteiger partial charge in [-0.2, -0.15) is 0 Å². The highest BCUT2D eigenvalue weighted by molar-refractivity contribution is 5.86. The molecule has 0 aliphatic carbocycles. The third-order valence-electron chi connectivity index (χ3n) is 2.28. The predicted octanol–water partition coefficient (Wildman–Crippen LogP) is 3.68. The molecule has 1 N–H and O–H groups in total. The number of halogens is 1. The zero-order valence-electron chi connectivity index (χ0n) is 9.25. The molecule has 0 aliphatic rings. The Hall–Kier alpha value is -2.56. The van der Waals surface area contributed by atoms with E-state index in [1.165, 1.54) is 42.6 Å². The molecule has 0 spiro atoms. The quantitative estimate of drug-likeness (QED) is 0.661. The van der Waals surface area contributed by atoms with Crippen LogP contribution in [0, 0.1) is 10.7 Å². The standard InChI is InChI=1S/C13H9FN2O2/c14-10-2-1-3-11(7-10)15-8-9-6-12(16-18)4-5-13(9)17/h1-8,17H. The molecular formula is C13H9FN2O2. The van der Waals surface area contributed by atoms with Crippen molar-refractivity contribution in [2.75, 3.05) is 0 Å². The minimum atomic E-state index is -0.391. The molecule has 0 heterocycles. The minimum Gasteiger partial charge on any atom is -0.507 e. The Bertz CT molecular complexity index is 612. The van der Waals surface area contributed by atoms with E-state index in [2.05, 4.69) is 10.2 Å².